The number of hydrogen-bond acceptors (Lipinski definition) is 4. The van der Waals surface area contributed by atoms with Crippen LogP contribution in [0.5, 0.6) is 5.75 Å². The van der Waals surface area contributed by atoms with Crippen molar-refractivity contribution in [2.75, 3.05) is 26.7 Å². The highest BCUT2D eigenvalue weighted by molar-refractivity contribution is 7.89. The van der Waals surface area contributed by atoms with Crippen molar-refractivity contribution in [2.45, 2.75) is 31.2 Å². The summed E-state index contributed by atoms with van der Waals surface area (Å²) >= 11 is 6.02. The van der Waals surface area contributed by atoms with Crippen LogP contribution in [0.3, 0.4) is 0 Å². The smallest absolute Gasteiger partial charge is 0.246 e. The summed E-state index contributed by atoms with van der Waals surface area (Å²) in [7, 11) is -2.17. The fourth-order valence-corrected chi connectivity index (χ4v) is 5.58. The first-order chi connectivity index (χ1) is 14.7. The number of sulfonamides is 1. The first-order valence-electron chi connectivity index (χ1n) is 10.1. The van der Waals surface area contributed by atoms with Gasteiger partial charge in [-0.15, -0.1) is 0 Å². The van der Waals surface area contributed by atoms with E-state index in [1.54, 1.807) is 44.3 Å². The molecule has 1 aliphatic heterocycles. The molecule has 0 bridgehead atoms. The van der Waals surface area contributed by atoms with Crippen molar-refractivity contribution in [3.63, 3.8) is 0 Å². The summed E-state index contributed by atoms with van der Waals surface area (Å²) in [5.41, 5.74) is 0.447. The van der Waals surface area contributed by atoms with Crippen LogP contribution < -0.4 is 4.74 Å². The Kier molecular flexibility index (Phi) is 7.56. The van der Waals surface area contributed by atoms with Gasteiger partial charge in [0.05, 0.1) is 6.61 Å². The zero-order valence-corrected chi connectivity index (χ0v) is 19.1. The summed E-state index contributed by atoms with van der Waals surface area (Å²) in [5.74, 6) is -0.517. The average molecular weight is 469 g/mol. The van der Waals surface area contributed by atoms with E-state index in [1.807, 2.05) is 0 Å². The lowest BCUT2D eigenvalue weighted by Crippen LogP contribution is -2.43. The number of ether oxygens (including phenoxy) is 1. The second-order valence-corrected chi connectivity index (χ2v) is 9.83. The van der Waals surface area contributed by atoms with Crippen LogP contribution in [0.15, 0.2) is 47.4 Å². The van der Waals surface area contributed by atoms with E-state index in [0.717, 1.165) is 0 Å². The molecule has 0 saturated carbocycles. The highest BCUT2D eigenvalue weighted by Crippen LogP contribution is 2.32. The van der Waals surface area contributed by atoms with Crippen molar-refractivity contribution in [1.29, 1.82) is 0 Å². The van der Waals surface area contributed by atoms with Crippen LogP contribution in [0.4, 0.5) is 4.39 Å². The molecule has 0 radical (unpaired) electrons. The van der Waals surface area contributed by atoms with E-state index in [9.17, 15) is 17.6 Å². The van der Waals surface area contributed by atoms with Crippen molar-refractivity contribution in [3.05, 3.63) is 58.9 Å². The second-order valence-electron chi connectivity index (χ2n) is 7.49. The number of halogens is 2. The minimum Gasteiger partial charge on any atom is -0.492 e. The molecular formula is C22H26ClFN2O4S. The lowest BCUT2D eigenvalue weighted by Gasteiger charge is -2.33. The number of benzene rings is 2. The maximum atomic E-state index is 13.9. The molecule has 2 aromatic carbocycles. The van der Waals surface area contributed by atoms with Crippen LogP contribution in [0.2, 0.25) is 5.02 Å². The van der Waals surface area contributed by atoms with Crippen molar-refractivity contribution < 1.29 is 22.3 Å². The lowest BCUT2D eigenvalue weighted by atomic mass is 9.96. The number of amides is 1. The summed E-state index contributed by atoms with van der Waals surface area (Å²) in [6, 6.07) is 10.9. The summed E-state index contributed by atoms with van der Waals surface area (Å²) < 4.78 is 47.1. The number of nitrogens with zero attached hydrogens (tertiary/aromatic N) is 2. The van der Waals surface area contributed by atoms with E-state index in [1.165, 1.54) is 21.3 Å². The second kappa shape index (κ2) is 9.97. The Bertz CT molecular complexity index is 1040. The molecule has 1 fully saturated rings. The van der Waals surface area contributed by atoms with Gasteiger partial charge in [0, 0.05) is 43.2 Å². The van der Waals surface area contributed by atoms with Gasteiger partial charge in [-0.25, -0.2) is 12.8 Å². The van der Waals surface area contributed by atoms with Crippen LogP contribution in [-0.2, 0) is 21.4 Å². The van der Waals surface area contributed by atoms with E-state index in [2.05, 4.69) is 0 Å². The monoisotopic (exact) mass is 468 g/mol. The molecule has 9 heteroatoms. The molecule has 31 heavy (non-hydrogen) atoms. The molecule has 1 heterocycles. The van der Waals surface area contributed by atoms with Crippen LogP contribution in [0.25, 0.3) is 0 Å². The number of hydrogen-bond donors (Lipinski definition) is 0. The third kappa shape index (κ3) is 5.37. The topological polar surface area (TPSA) is 66.9 Å². The van der Waals surface area contributed by atoms with Gasteiger partial charge in [-0.1, -0.05) is 29.8 Å². The molecule has 0 atom stereocenters. The Morgan fingerprint density at radius 1 is 1.23 bits per heavy atom. The molecule has 3 rings (SSSR count). The van der Waals surface area contributed by atoms with E-state index in [4.69, 9.17) is 16.3 Å². The predicted octanol–water partition coefficient (Wildman–Crippen LogP) is 3.94. The van der Waals surface area contributed by atoms with E-state index >= 15 is 0 Å². The van der Waals surface area contributed by atoms with Crippen LogP contribution in [-0.4, -0.2) is 50.3 Å². The van der Waals surface area contributed by atoms with Gasteiger partial charge in [0.25, 0.3) is 0 Å². The van der Waals surface area contributed by atoms with Crippen LogP contribution >= 0.6 is 11.6 Å². The van der Waals surface area contributed by atoms with Gasteiger partial charge in [0.1, 0.15) is 16.5 Å². The van der Waals surface area contributed by atoms with E-state index in [-0.39, 0.29) is 47.9 Å². The Hall–Kier alpha value is -2.16. The van der Waals surface area contributed by atoms with Crippen molar-refractivity contribution >= 4 is 27.5 Å². The summed E-state index contributed by atoms with van der Waals surface area (Å²) in [6.45, 7) is 2.70. The fraction of sp³-hybridized carbons (Fsp3) is 0.409. The third-order valence-electron chi connectivity index (χ3n) is 5.37. The maximum absolute atomic E-state index is 13.9. The number of carbonyl (C=O) groups is 1. The quantitative estimate of drug-likeness (QED) is 0.617. The minimum absolute atomic E-state index is 0.0308. The fourth-order valence-electron chi connectivity index (χ4n) is 3.71. The molecule has 0 spiro atoms. The molecule has 0 aliphatic carbocycles. The molecule has 0 aromatic heterocycles. The largest absolute Gasteiger partial charge is 0.492 e. The molecule has 1 amide bonds. The van der Waals surface area contributed by atoms with E-state index in [0.29, 0.717) is 30.0 Å². The zero-order valence-electron chi connectivity index (χ0n) is 17.6. The third-order valence-corrected chi connectivity index (χ3v) is 7.52. The molecule has 0 N–H and O–H groups in total. The molecular weight excluding hydrogens is 443 g/mol. The Morgan fingerprint density at radius 2 is 1.90 bits per heavy atom. The summed E-state index contributed by atoms with van der Waals surface area (Å²) in [6.07, 6.45) is 0.786. The van der Waals surface area contributed by atoms with Crippen molar-refractivity contribution in [3.8, 4) is 5.75 Å². The minimum atomic E-state index is -3.81. The maximum Gasteiger partial charge on any atom is 0.246 e. The predicted molar refractivity (Wildman–Crippen MR) is 117 cm³/mol. The average Bonchev–Trinajstić information content (AvgIpc) is 2.76. The standard InChI is InChI=1S/C22H26ClFN2O4S/c1-3-30-20-9-8-18(23)14-21(20)31(28,29)26-12-10-16(11-13-26)22(27)25(2)15-17-6-4-5-7-19(17)24/h4-9,14,16H,3,10-13,15H2,1-2H3. The van der Waals surface area contributed by atoms with Crippen LogP contribution in [0, 0.1) is 11.7 Å². The van der Waals surface area contributed by atoms with Gasteiger partial charge in [-0.2, -0.15) is 4.31 Å². The molecule has 1 saturated heterocycles. The molecule has 168 valence electrons. The molecule has 2 aromatic rings. The highest BCUT2D eigenvalue weighted by Gasteiger charge is 2.34. The molecule has 6 nitrogen and oxygen atoms in total. The van der Waals surface area contributed by atoms with Gasteiger partial charge >= 0.3 is 0 Å². The summed E-state index contributed by atoms with van der Waals surface area (Å²) in [5, 5.41) is 0.307. The van der Waals surface area contributed by atoms with E-state index < -0.39 is 10.0 Å². The Morgan fingerprint density at radius 3 is 2.55 bits per heavy atom. The Labute approximate surface area is 187 Å². The number of carbonyl (C=O) groups excluding carboxylic acids is 1. The molecule has 1 aliphatic rings. The van der Waals surface area contributed by atoms with Crippen LogP contribution in [0.1, 0.15) is 25.3 Å². The molecule has 0 unspecified atom stereocenters. The van der Waals surface area contributed by atoms with Crippen molar-refractivity contribution in [1.82, 2.24) is 9.21 Å². The number of rotatable bonds is 7. The van der Waals surface area contributed by atoms with Gasteiger partial charge in [0.15, 0.2) is 0 Å². The van der Waals surface area contributed by atoms with Gasteiger partial charge < -0.3 is 9.64 Å². The number of piperidine rings is 1. The van der Waals surface area contributed by atoms with Gasteiger partial charge in [-0.3, -0.25) is 4.79 Å². The summed E-state index contributed by atoms with van der Waals surface area (Å²) in [4.78, 5) is 14.4. The first-order valence-corrected chi connectivity index (χ1v) is 12.0. The van der Waals surface area contributed by atoms with Crippen molar-refractivity contribution in [2.24, 2.45) is 5.92 Å². The first kappa shape index (κ1) is 23.5. The van der Waals surface area contributed by atoms with Gasteiger partial charge in [-0.05, 0) is 44.0 Å². The zero-order chi connectivity index (χ0) is 22.6. The highest BCUT2D eigenvalue weighted by atomic mass is 35.5. The lowest BCUT2D eigenvalue weighted by molar-refractivity contribution is -0.136. The van der Waals surface area contributed by atoms with Gasteiger partial charge in [0.2, 0.25) is 15.9 Å². The normalized spacial score (nSPS) is 15.6. The Balaban J connectivity index is 1.67. The SMILES string of the molecule is CCOc1ccc(Cl)cc1S(=O)(=O)N1CCC(C(=O)N(C)Cc2ccccc2F)CC1.